The molecule has 1 aliphatic carbocycles. The monoisotopic (exact) mass is 467 g/mol. The minimum Gasteiger partial charge on any atom is -0.488 e. The maximum Gasteiger partial charge on any atom is 0.354 e. The van der Waals surface area contributed by atoms with Gasteiger partial charge in [-0.2, -0.15) is 0 Å². The third-order valence-corrected chi connectivity index (χ3v) is 5.88. The van der Waals surface area contributed by atoms with Crippen LogP contribution < -0.4 is 4.74 Å². The van der Waals surface area contributed by atoms with Gasteiger partial charge in [0.15, 0.2) is 0 Å². The Labute approximate surface area is 182 Å². The fourth-order valence-corrected chi connectivity index (χ4v) is 4.08. The Morgan fingerprint density at radius 2 is 1.87 bits per heavy atom. The van der Waals surface area contributed by atoms with Crippen molar-refractivity contribution in [2.45, 2.75) is 25.9 Å². The molecule has 2 aromatic carbocycles. The third kappa shape index (κ3) is 4.28. The molecule has 3 aromatic rings. The zero-order valence-electron chi connectivity index (χ0n) is 16.1. The van der Waals surface area contributed by atoms with Crippen molar-refractivity contribution in [1.82, 2.24) is 4.98 Å². The molecule has 1 heterocycles. The number of benzene rings is 2. The van der Waals surface area contributed by atoms with Gasteiger partial charge in [0.1, 0.15) is 23.9 Å². The van der Waals surface area contributed by atoms with Gasteiger partial charge in [-0.3, -0.25) is 0 Å². The molecule has 0 radical (unpaired) electrons. The summed E-state index contributed by atoms with van der Waals surface area (Å²) in [7, 11) is 0. The summed E-state index contributed by atoms with van der Waals surface area (Å²) in [6, 6.07) is 17.3. The second kappa shape index (κ2) is 8.79. The van der Waals surface area contributed by atoms with Crippen LogP contribution in [0, 0.1) is 5.82 Å². The van der Waals surface area contributed by atoms with Crippen LogP contribution in [0.25, 0.3) is 11.1 Å². The van der Waals surface area contributed by atoms with E-state index in [9.17, 15) is 14.3 Å². The summed E-state index contributed by atoms with van der Waals surface area (Å²) in [4.78, 5) is 15.6. The van der Waals surface area contributed by atoms with E-state index in [2.05, 4.69) is 20.9 Å². The number of ether oxygens (including phenoxy) is 1. The maximum absolute atomic E-state index is 14.1. The molecular formula is C24H19BrFNO3. The average Bonchev–Trinajstić information content (AvgIpc) is 3.24. The van der Waals surface area contributed by atoms with Crippen LogP contribution >= 0.6 is 15.9 Å². The Morgan fingerprint density at radius 3 is 2.67 bits per heavy atom. The van der Waals surface area contributed by atoms with Crippen molar-refractivity contribution in [2.24, 2.45) is 0 Å². The van der Waals surface area contributed by atoms with Gasteiger partial charge in [-0.25, -0.2) is 14.2 Å². The van der Waals surface area contributed by atoms with Crippen LogP contribution in [0.4, 0.5) is 4.39 Å². The van der Waals surface area contributed by atoms with Crippen LogP contribution in [-0.4, -0.2) is 16.1 Å². The van der Waals surface area contributed by atoms with Crippen LogP contribution in [0.5, 0.6) is 5.75 Å². The van der Waals surface area contributed by atoms with Crippen LogP contribution in [0.1, 0.15) is 46.6 Å². The molecule has 0 fully saturated rings. The lowest BCUT2D eigenvalue weighted by Crippen LogP contribution is -2.03. The number of hydrogen-bond acceptors (Lipinski definition) is 3. The van der Waals surface area contributed by atoms with Crippen LogP contribution in [-0.2, 0) is 6.61 Å². The van der Waals surface area contributed by atoms with E-state index in [1.165, 1.54) is 18.2 Å². The van der Waals surface area contributed by atoms with E-state index < -0.39 is 5.97 Å². The summed E-state index contributed by atoms with van der Waals surface area (Å²) in [5.74, 6) is -0.819. The number of aromatic carboxylic acids is 1. The second-order valence-corrected chi connectivity index (χ2v) is 7.90. The number of rotatable bonds is 6. The Hall–Kier alpha value is -2.99. The van der Waals surface area contributed by atoms with Gasteiger partial charge < -0.3 is 9.84 Å². The SMILES string of the molecule is O=C(O)c1cccc(C2=C(c3cc(F)ccc3OCc3ccccc3Br)CCC2)n1. The topological polar surface area (TPSA) is 59.4 Å². The number of carboxylic acids is 1. The van der Waals surface area contributed by atoms with Crippen LogP contribution in [0.15, 0.2) is 65.1 Å². The van der Waals surface area contributed by atoms with Gasteiger partial charge in [-0.1, -0.05) is 40.2 Å². The lowest BCUT2D eigenvalue weighted by Gasteiger charge is -2.15. The quantitative estimate of drug-likeness (QED) is 0.458. The number of halogens is 2. The number of allylic oxidation sites excluding steroid dienone is 2. The van der Waals surface area contributed by atoms with E-state index in [1.807, 2.05) is 24.3 Å². The van der Waals surface area contributed by atoms with Crippen LogP contribution in [0.3, 0.4) is 0 Å². The molecule has 152 valence electrons. The Balaban J connectivity index is 1.72. The molecule has 0 aliphatic heterocycles. The van der Waals surface area contributed by atoms with E-state index in [-0.39, 0.29) is 11.5 Å². The molecule has 0 bridgehead atoms. The Kier molecular flexibility index (Phi) is 5.95. The minimum absolute atomic E-state index is 0.00380. The highest BCUT2D eigenvalue weighted by atomic mass is 79.9. The number of nitrogens with zero attached hydrogens (tertiary/aromatic N) is 1. The summed E-state index contributed by atoms with van der Waals surface area (Å²) in [5, 5.41) is 9.26. The summed E-state index contributed by atoms with van der Waals surface area (Å²) in [6.07, 6.45) is 2.40. The normalized spacial score (nSPS) is 13.5. The highest BCUT2D eigenvalue weighted by molar-refractivity contribution is 9.10. The minimum atomic E-state index is -1.07. The van der Waals surface area contributed by atoms with Crippen molar-refractivity contribution in [3.8, 4) is 5.75 Å². The molecule has 1 aromatic heterocycles. The second-order valence-electron chi connectivity index (χ2n) is 7.04. The highest BCUT2D eigenvalue weighted by Gasteiger charge is 2.22. The standard InChI is InChI=1S/C24H19BrFNO3/c25-20-8-2-1-5-15(20)14-30-23-12-11-16(26)13-19(23)17-6-3-7-18(17)21-9-4-10-22(27-21)24(28)29/h1-2,4-5,8-13H,3,6-7,14H2,(H,28,29). The molecule has 0 amide bonds. The molecule has 0 spiro atoms. The van der Waals surface area contributed by atoms with E-state index in [4.69, 9.17) is 4.74 Å². The van der Waals surface area contributed by atoms with Crippen molar-refractivity contribution >= 4 is 33.0 Å². The molecule has 0 unspecified atom stereocenters. The lowest BCUT2D eigenvalue weighted by atomic mass is 9.98. The zero-order valence-corrected chi connectivity index (χ0v) is 17.7. The molecule has 1 N–H and O–H groups in total. The van der Waals surface area contributed by atoms with Gasteiger partial charge >= 0.3 is 5.97 Å². The summed E-state index contributed by atoms with van der Waals surface area (Å²) in [6.45, 7) is 0.343. The molecule has 0 saturated heterocycles. The lowest BCUT2D eigenvalue weighted by molar-refractivity contribution is 0.0690. The number of carboxylic acid groups (broad SMARTS) is 1. The molecular weight excluding hydrogens is 449 g/mol. The van der Waals surface area contributed by atoms with Gasteiger partial charge in [-0.05, 0) is 66.8 Å². The highest BCUT2D eigenvalue weighted by Crippen LogP contribution is 2.42. The number of pyridine rings is 1. The van der Waals surface area contributed by atoms with E-state index in [1.54, 1.807) is 18.2 Å². The van der Waals surface area contributed by atoms with Crippen molar-refractivity contribution in [1.29, 1.82) is 0 Å². The van der Waals surface area contributed by atoms with Gasteiger partial charge in [0.05, 0.1) is 5.69 Å². The van der Waals surface area contributed by atoms with Crippen molar-refractivity contribution in [3.63, 3.8) is 0 Å². The fourth-order valence-electron chi connectivity index (χ4n) is 3.68. The molecule has 30 heavy (non-hydrogen) atoms. The molecule has 0 atom stereocenters. The first-order valence-corrected chi connectivity index (χ1v) is 10.4. The van der Waals surface area contributed by atoms with Gasteiger partial charge in [-0.15, -0.1) is 0 Å². The average molecular weight is 468 g/mol. The first-order chi connectivity index (χ1) is 14.5. The maximum atomic E-state index is 14.1. The van der Waals surface area contributed by atoms with Crippen molar-refractivity contribution in [3.05, 3.63) is 93.5 Å². The smallest absolute Gasteiger partial charge is 0.354 e. The Morgan fingerprint density at radius 1 is 1.07 bits per heavy atom. The van der Waals surface area contributed by atoms with E-state index in [0.29, 0.717) is 23.6 Å². The summed E-state index contributed by atoms with van der Waals surface area (Å²) < 4.78 is 21.2. The predicted molar refractivity (Wildman–Crippen MR) is 117 cm³/mol. The fraction of sp³-hybridized carbons (Fsp3) is 0.167. The van der Waals surface area contributed by atoms with Crippen molar-refractivity contribution < 1.29 is 19.0 Å². The number of carbonyl (C=O) groups is 1. The third-order valence-electron chi connectivity index (χ3n) is 5.10. The molecule has 4 nitrogen and oxygen atoms in total. The van der Waals surface area contributed by atoms with Crippen molar-refractivity contribution in [2.75, 3.05) is 0 Å². The Bertz CT molecular complexity index is 1140. The van der Waals surface area contributed by atoms with E-state index >= 15 is 0 Å². The number of aromatic nitrogens is 1. The van der Waals surface area contributed by atoms with E-state index in [0.717, 1.165) is 40.4 Å². The largest absolute Gasteiger partial charge is 0.488 e. The van der Waals surface area contributed by atoms with Gasteiger partial charge in [0.2, 0.25) is 0 Å². The molecule has 6 heteroatoms. The predicted octanol–water partition coefficient (Wildman–Crippen LogP) is 6.36. The van der Waals surface area contributed by atoms with Gasteiger partial charge in [0, 0.05) is 15.6 Å². The zero-order chi connectivity index (χ0) is 21.1. The van der Waals surface area contributed by atoms with Gasteiger partial charge in [0.25, 0.3) is 0 Å². The molecule has 1 aliphatic rings. The van der Waals surface area contributed by atoms with Crippen LogP contribution in [0.2, 0.25) is 0 Å². The summed E-state index contributed by atoms with van der Waals surface area (Å²) in [5.41, 5.74) is 4.18. The number of hydrogen-bond donors (Lipinski definition) is 1. The summed E-state index contributed by atoms with van der Waals surface area (Å²) >= 11 is 3.52. The molecule has 0 saturated carbocycles. The first kappa shape index (κ1) is 20.3. The molecule has 4 rings (SSSR count). The first-order valence-electron chi connectivity index (χ1n) is 9.62.